The van der Waals surface area contributed by atoms with Crippen LogP contribution in [-0.4, -0.2) is 77.2 Å². The zero-order valence-corrected chi connectivity index (χ0v) is 18.1. The van der Waals surface area contributed by atoms with Gasteiger partial charge in [0.2, 0.25) is 11.9 Å². The van der Waals surface area contributed by atoms with Crippen LogP contribution in [0.2, 0.25) is 0 Å². The number of carbonyl (C=O) groups excluding carboxylic acids is 1. The predicted octanol–water partition coefficient (Wildman–Crippen LogP) is 1.99. The number of nitrogen functional groups attached to an aromatic ring is 1. The van der Waals surface area contributed by atoms with Crippen LogP contribution >= 0.6 is 0 Å². The summed E-state index contributed by atoms with van der Waals surface area (Å²) < 4.78 is 5.40. The first kappa shape index (κ1) is 22.1. The highest BCUT2D eigenvalue weighted by Gasteiger charge is 2.23. The van der Waals surface area contributed by atoms with E-state index in [-0.39, 0.29) is 12.0 Å². The third-order valence-electron chi connectivity index (χ3n) is 4.74. The van der Waals surface area contributed by atoms with Gasteiger partial charge in [-0.1, -0.05) is 0 Å². The van der Waals surface area contributed by atoms with Crippen molar-refractivity contribution in [3.8, 4) is 0 Å². The largest absolute Gasteiger partial charge is 0.444 e. The molecule has 2 N–H and O–H groups in total. The van der Waals surface area contributed by atoms with E-state index in [1.165, 1.54) is 0 Å². The highest BCUT2D eigenvalue weighted by atomic mass is 16.6. The third-order valence-corrected chi connectivity index (χ3v) is 4.74. The molecule has 0 bridgehead atoms. The molecule has 1 aliphatic heterocycles. The summed E-state index contributed by atoms with van der Waals surface area (Å²) in [5.74, 6) is 2.16. The molecule has 158 valence electrons. The number of ether oxygens (including phenoxy) is 1. The maximum absolute atomic E-state index is 12.1. The highest BCUT2D eigenvalue weighted by molar-refractivity contribution is 5.67. The Hall–Kier alpha value is -2.16. The van der Waals surface area contributed by atoms with E-state index in [2.05, 4.69) is 19.9 Å². The molecule has 9 nitrogen and oxygen atoms in total. The topological polar surface area (TPSA) is 101 Å². The molecule has 0 aromatic carbocycles. The van der Waals surface area contributed by atoms with Crippen LogP contribution < -0.4 is 10.6 Å². The maximum Gasteiger partial charge on any atom is 0.410 e. The monoisotopic (exact) mass is 393 g/mol. The van der Waals surface area contributed by atoms with Crippen LogP contribution in [-0.2, 0) is 11.3 Å². The molecule has 0 aliphatic carbocycles. The first-order valence-electron chi connectivity index (χ1n) is 9.87. The molecule has 0 unspecified atom stereocenters. The van der Waals surface area contributed by atoms with Crippen LogP contribution in [0.3, 0.4) is 0 Å². The third kappa shape index (κ3) is 7.10. The van der Waals surface area contributed by atoms with Gasteiger partial charge in [-0.2, -0.15) is 15.0 Å². The van der Waals surface area contributed by atoms with Crippen molar-refractivity contribution in [2.45, 2.75) is 52.2 Å². The SMILES string of the molecule is CN(CCC1CCN(Cc2nc(N)nc(N(C)C)n2)CC1)C(=O)OC(C)(C)C. The summed E-state index contributed by atoms with van der Waals surface area (Å²) in [6.07, 6.45) is 2.94. The number of rotatable bonds is 6. The molecule has 2 heterocycles. The zero-order chi connectivity index (χ0) is 20.9. The molecule has 0 radical (unpaired) electrons. The fourth-order valence-electron chi connectivity index (χ4n) is 3.14. The van der Waals surface area contributed by atoms with E-state index >= 15 is 0 Å². The Morgan fingerprint density at radius 2 is 1.82 bits per heavy atom. The lowest BCUT2D eigenvalue weighted by Crippen LogP contribution is -2.37. The summed E-state index contributed by atoms with van der Waals surface area (Å²) in [4.78, 5) is 30.8. The van der Waals surface area contributed by atoms with Gasteiger partial charge < -0.3 is 20.3 Å². The minimum atomic E-state index is -0.457. The lowest BCUT2D eigenvalue weighted by Gasteiger charge is -2.32. The summed E-state index contributed by atoms with van der Waals surface area (Å²) in [7, 11) is 5.58. The van der Waals surface area contributed by atoms with Crippen LogP contribution in [0.1, 0.15) is 45.9 Å². The molecule has 2 rings (SSSR count). The summed E-state index contributed by atoms with van der Waals surface area (Å²) in [5.41, 5.74) is 5.35. The summed E-state index contributed by atoms with van der Waals surface area (Å²) in [5, 5.41) is 0. The normalized spacial score (nSPS) is 16.1. The molecule has 0 saturated carbocycles. The van der Waals surface area contributed by atoms with Crippen molar-refractivity contribution in [1.29, 1.82) is 0 Å². The van der Waals surface area contributed by atoms with Crippen LogP contribution in [0.25, 0.3) is 0 Å². The first-order chi connectivity index (χ1) is 13.0. The number of likely N-dealkylation sites (tertiary alicyclic amines) is 1. The molecule has 1 fully saturated rings. The fraction of sp³-hybridized carbons (Fsp3) is 0.789. The molecule has 1 saturated heterocycles. The van der Waals surface area contributed by atoms with Crippen molar-refractivity contribution in [2.75, 3.05) is 51.4 Å². The number of nitrogens with zero attached hydrogens (tertiary/aromatic N) is 6. The molecule has 0 atom stereocenters. The van der Waals surface area contributed by atoms with E-state index in [9.17, 15) is 4.79 Å². The van der Waals surface area contributed by atoms with Gasteiger partial charge in [-0.3, -0.25) is 4.90 Å². The number of piperidine rings is 1. The summed E-state index contributed by atoms with van der Waals surface area (Å²) in [6, 6.07) is 0. The van der Waals surface area contributed by atoms with Gasteiger partial charge in [0.05, 0.1) is 6.54 Å². The van der Waals surface area contributed by atoms with Crippen molar-refractivity contribution in [3.05, 3.63) is 5.82 Å². The average molecular weight is 394 g/mol. The molecule has 1 aromatic heterocycles. The molecule has 9 heteroatoms. The number of hydrogen-bond donors (Lipinski definition) is 1. The highest BCUT2D eigenvalue weighted by Crippen LogP contribution is 2.22. The number of aromatic nitrogens is 3. The Kier molecular flexibility index (Phi) is 7.40. The van der Waals surface area contributed by atoms with Crippen LogP contribution in [0.4, 0.5) is 16.7 Å². The second-order valence-electron chi connectivity index (χ2n) is 8.71. The van der Waals surface area contributed by atoms with E-state index in [0.29, 0.717) is 24.2 Å². The number of anilines is 2. The van der Waals surface area contributed by atoms with E-state index in [1.54, 1.807) is 11.9 Å². The molecule has 28 heavy (non-hydrogen) atoms. The maximum atomic E-state index is 12.1. The Bertz CT molecular complexity index is 652. The number of hydrogen-bond acceptors (Lipinski definition) is 8. The van der Waals surface area contributed by atoms with E-state index < -0.39 is 5.60 Å². The van der Waals surface area contributed by atoms with Crippen molar-refractivity contribution in [2.24, 2.45) is 5.92 Å². The van der Waals surface area contributed by atoms with E-state index in [0.717, 1.165) is 38.9 Å². The van der Waals surface area contributed by atoms with Gasteiger partial charge in [-0.15, -0.1) is 0 Å². The van der Waals surface area contributed by atoms with Gasteiger partial charge in [-0.25, -0.2) is 4.79 Å². The van der Waals surface area contributed by atoms with Crippen molar-refractivity contribution < 1.29 is 9.53 Å². The Morgan fingerprint density at radius 1 is 1.18 bits per heavy atom. The second kappa shape index (κ2) is 9.36. The second-order valence-corrected chi connectivity index (χ2v) is 8.71. The fourth-order valence-corrected chi connectivity index (χ4v) is 3.14. The van der Waals surface area contributed by atoms with E-state index in [1.807, 2.05) is 39.8 Å². The zero-order valence-electron chi connectivity index (χ0n) is 18.1. The minimum absolute atomic E-state index is 0.256. The van der Waals surface area contributed by atoms with Crippen LogP contribution in [0.15, 0.2) is 0 Å². The van der Waals surface area contributed by atoms with Gasteiger partial charge in [0.15, 0.2) is 0 Å². The smallest absolute Gasteiger partial charge is 0.410 e. The molecule has 1 aliphatic rings. The van der Waals surface area contributed by atoms with Gasteiger partial charge in [0, 0.05) is 27.7 Å². The van der Waals surface area contributed by atoms with Gasteiger partial charge in [0.25, 0.3) is 0 Å². The lowest BCUT2D eigenvalue weighted by atomic mass is 9.93. The Morgan fingerprint density at radius 3 is 2.39 bits per heavy atom. The minimum Gasteiger partial charge on any atom is -0.444 e. The van der Waals surface area contributed by atoms with Crippen LogP contribution in [0.5, 0.6) is 0 Å². The number of amides is 1. The molecular formula is C19H35N7O2. The van der Waals surface area contributed by atoms with Crippen molar-refractivity contribution in [1.82, 2.24) is 24.8 Å². The molecule has 1 aromatic rings. The summed E-state index contributed by atoms with van der Waals surface area (Å²) >= 11 is 0. The van der Waals surface area contributed by atoms with Gasteiger partial charge >= 0.3 is 6.09 Å². The average Bonchev–Trinajstić information content (AvgIpc) is 2.58. The molecule has 1 amide bonds. The standard InChI is InChI=1S/C19H35N7O2/c1-19(2,3)28-18(27)25(6)10-7-14-8-11-26(12-9-14)13-15-21-16(20)23-17(22-15)24(4)5/h14H,7-13H2,1-6H3,(H2,20,21,22,23). The lowest BCUT2D eigenvalue weighted by molar-refractivity contribution is 0.0283. The summed E-state index contributed by atoms with van der Waals surface area (Å²) in [6.45, 7) is 9.03. The molecule has 0 spiro atoms. The van der Waals surface area contributed by atoms with Crippen molar-refractivity contribution >= 4 is 18.0 Å². The van der Waals surface area contributed by atoms with Gasteiger partial charge in [0.1, 0.15) is 11.4 Å². The van der Waals surface area contributed by atoms with Crippen molar-refractivity contribution in [3.63, 3.8) is 0 Å². The molecular weight excluding hydrogens is 358 g/mol. The Labute approximate surface area is 168 Å². The number of nitrogens with two attached hydrogens (primary N) is 1. The quantitative estimate of drug-likeness (QED) is 0.783. The van der Waals surface area contributed by atoms with Crippen LogP contribution in [0, 0.1) is 5.92 Å². The van der Waals surface area contributed by atoms with Gasteiger partial charge in [-0.05, 0) is 59.0 Å². The first-order valence-corrected chi connectivity index (χ1v) is 9.87. The van der Waals surface area contributed by atoms with E-state index in [4.69, 9.17) is 10.5 Å². The number of carbonyl (C=O) groups is 1. The predicted molar refractivity (Wildman–Crippen MR) is 110 cm³/mol. The Balaban J connectivity index is 1.76.